The summed E-state index contributed by atoms with van der Waals surface area (Å²) in [7, 11) is -9.90. The predicted molar refractivity (Wildman–Crippen MR) is 386 cm³/mol. The van der Waals surface area contributed by atoms with Crippen molar-refractivity contribution in [1.82, 2.24) is 0 Å². The van der Waals surface area contributed by atoms with Gasteiger partial charge in [-0.25, -0.2) is 9.13 Å². The van der Waals surface area contributed by atoms with E-state index in [1.807, 2.05) is 0 Å². The first-order valence-electron chi connectivity index (χ1n) is 39.5. The smallest absolute Gasteiger partial charge is 0.462 e. The van der Waals surface area contributed by atoms with E-state index in [1.54, 1.807) is 0 Å². The molecular weight excluding hydrogens is 1250 g/mol. The Bertz CT molecular complexity index is 1840. The molecule has 0 aliphatic heterocycles. The van der Waals surface area contributed by atoms with Crippen molar-refractivity contribution in [1.29, 1.82) is 0 Å². The lowest BCUT2D eigenvalue weighted by Crippen LogP contribution is -2.30. The summed E-state index contributed by atoms with van der Waals surface area (Å²) in [5.74, 6) is -0.605. The lowest BCUT2D eigenvalue weighted by Gasteiger charge is -2.21. The molecule has 5 atom stereocenters. The number of hydrogen-bond acceptors (Lipinski definition) is 15. The molecule has 17 nitrogen and oxygen atoms in total. The van der Waals surface area contributed by atoms with Crippen LogP contribution in [0.4, 0.5) is 0 Å². The van der Waals surface area contributed by atoms with Gasteiger partial charge in [-0.2, -0.15) is 0 Å². The molecule has 0 aromatic rings. The second-order valence-corrected chi connectivity index (χ2v) is 31.3. The molecule has 0 saturated heterocycles. The van der Waals surface area contributed by atoms with Gasteiger partial charge in [0.25, 0.3) is 0 Å². The van der Waals surface area contributed by atoms with Gasteiger partial charge in [0.05, 0.1) is 26.4 Å². The molecule has 0 aliphatic carbocycles. The molecule has 95 heavy (non-hydrogen) atoms. The van der Waals surface area contributed by atoms with Crippen LogP contribution in [0.5, 0.6) is 0 Å². The molecule has 19 heteroatoms. The number of ether oxygens (including phenoxy) is 4. The summed E-state index contributed by atoms with van der Waals surface area (Å²) in [6.45, 7) is 9.48. The quantitative estimate of drug-likeness (QED) is 0.0222. The number of esters is 4. The van der Waals surface area contributed by atoms with E-state index in [-0.39, 0.29) is 25.7 Å². The first kappa shape index (κ1) is 93.1. The van der Waals surface area contributed by atoms with Crippen molar-refractivity contribution >= 4 is 39.5 Å². The molecule has 0 amide bonds. The molecule has 0 spiro atoms. The van der Waals surface area contributed by atoms with E-state index >= 15 is 0 Å². The van der Waals surface area contributed by atoms with E-state index < -0.39 is 97.5 Å². The molecule has 0 aromatic heterocycles. The highest BCUT2D eigenvalue weighted by Crippen LogP contribution is 2.45. The van der Waals surface area contributed by atoms with Gasteiger partial charge in [0.15, 0.2) is 12.2 Å². The van der Waals surface area contributed by atoms with Gasteiger partial charge in [-0.3, -0.25) is 37.3 Å². The van der Waals surface area contributed by atoms with Crippen LogP contribution in [0.1, 0.15) is 395 Å². The third kappa shape index (κ3) is 70.3. The number of phosphoric ester groups is 2. The number of carbonyl (C=O) groups excluding carboxylic acids is 4. The maximum atomic E-state index is 13.1. The molecule has 3 N–H and O–H groups in total. The third-order valence-corrected chi connectivity index (χ3v) is 19.6. The average molecular weight is 1400 g/mol. The van der Waals surface area contributed by atoms with Crippen LogP contribution in [0.15, 0.2) is 0 Å². The lowest BCUT2D eigenvalue weighted by atomic mass is 10.0. The number of rotatable bonds is 75. The molecule has 0 bridgehead atoms. The fraction of sp³-hybridized carbons (Fsp3) is 0.947. The second kappa shape index (κ2) is 67.9. The summed E-state index contributed by atoms with van der Waals surface area (Å²) in [6, 6.07) is 0. The number of aliphatic hydroxyl groups is 1. The van der Waals surface area contributed by atoms with Crippen LogP contribution >= 0.6 is 15.6 Å². The monoisotopic (exact) mass is 1400 g/mol. The van der Waals surface area contributed by atoms with E-state index in [0.29, 0.717) is 25.7 Å². The molecule has 0 rings (SSSR count). The highest BCUT2D eigenvalue weighted by Gasteiger charge is 2.30. The Morgan fingerprint density at radius 2 is 0.484 bits per heavy atom. The fourth-order valence-corrected chi connectivity index (χ4v) is 13.2. The Balaban J connectivity index is 5.12. The van der Waals surface area contributed by atoms with E-state index in [9.17, 15) is 43.2 Å². The zero-order chi connectivity index (χ0) is 70.0. The fourth-order valence-electron chi connectivity index (χ4n) is 11.7. The Labute approximate surface area is 581 Å². The molecule has 0 saturated carbocycles. The Hall–Kier alpha value is -1.94. The van der Waals surface area contributed by atoms with Gasteiger partial charge >= 0.3 is 39.5 Å². The number of carbonyl (C=O) groups is 4. The van der Waals surface area contributed by atoms with Crippen LogP contribution in [-0.4, -0.2) is 96.7 Å². The van der Waals surface area contributed by atoms with Crippen LogP contribution in [0.25, 0.3) is 0 Å². The Kier molecular flexibility index (Phi) is 66.5. The molecule has 0 radical (unpaired) electrons. The van der Waals surface area contributed by atoms with E-state index in [1.165, 1.54) is 205 Å². The minimum Gasteiger partial charge on any atom is -0.462 e. The van der Waals surface area contributed by atoms with Crippen molar-refractivity contribution in [3.8, 4) is 0 Å². The van der Waals surface area contributed by atoms with E-state index in [4.69, 9.17) is 37.0 Å². The van der Waals surface area contributed by atoms with Gasteiger partial charge in [0.1, 0.15) is 19.3 Å². The van der Waals surface area contributed by atoms with E-state index in [2.05, 4.69) is 41.5 Å². The summed E-state index contributed by atoms with van der Waals surface area (Å²) in [5, 5.41) is 10.6. The Morgan fingerprint density at radius 1 is 0.284 bits per heavy atom. The molecule has 2 unspecified atom stereocenters. The predicted octanol–water partition coefficient (Wildman–Crippen LogP) is 22.3. The standard InChI is InChI=1S/C76H148O17P2/c1-7-9-11-13-14-15-16-17-18-19-20-21-22-23-26-30-33-36-42-48-54-60-75(80)93-72(65-87-74(79)59-53-47-41-35-32-29-27-24-25-28-31-34-39-45-50-56-68(3)4)67-91-95(84,85)89-63-70(77)62-88-94(82,83)90-66-71(64-86-73(78)58-52-44-12-10-8-2)92-76(81)61-55-49-43-38-37-40-46-51-57-69(5)6/h68-72,77H,7-67H2,1-6H3,(H,82,83)(H,84,85)/t70-,71+,72+/m0/s1. The average Bonchev–Trinajstić information content (AvgIpc) is 1.23. The summed E-state index contributed by atoms with van der Waals surface area (Å²) >= 11 is 0. The van der Waals surface area contributed by atoms with Crippen molar-refractivity contribution in [3.63, 3.8) is 0 Å². The van der Waals surface area contributed by atoms with Crippen LogP contribution in [0, 0.1) is 11.8 Å². The maximum absolute atomic E-state index is 13.1. The number of hydrogen-bond donors (Lipinski definition) is 3. The topological polar surface area (TPSA) is 237 Å². The minimum absolute atomic E-state index is 0.104. The first-order valence-corrected chi connectivity index (χ1v) is 42.5. The van der Waals surface area contributed by atoms with Crippen LogP contribution < -0.4 is 0 Å². The van der Waals surface area contributed by atoms with Crippen LogP contribution in [0.3, 0.4) is 0 Å². The zero-order valence-corrected chi connectivity index (χ0v) is 63.8. The highest BCUT2D eigenvalue weighted by atomic mass is 31.2. The van der Waals surface area contributed by atoms with Gasteiger partial charge in [-0.05, 0) is 37.5 Å². The molecule has 564 valence electrons. The number of unbranched alkanes of at least 4 members (excludes halogenated alkanes) is 45. The summed E-state index contributed by atoms with van der Waals surface area (Å²) in [4.78, 5) is 72.5. The van der Waals surface area contributed by atoms with Crippen LogP contribution in [-0.2, 0) is 65.4 Å². The summed E-state index contributed by atoms with van der Waals surface area (Å²) in [5.41, 5.74) is 0. The third-order valence-electron chi connectivity index (χ3n) is 17.7. The van der Waals surface area contributed by atoms with Crippen LogP contribution in [0.2, 0.25) is 0 Å². The summed E-state index contributed by atoms with van der Waals surface area (Å²) in [6.07, 6.45) is 56.2. The van der Waals surface area contributed by atoms with Gasteiger partial charge in [-0.1, -0.05) is 343 Å². The lowest BCUT2D eigenvalue weighted by molar-refractivity contribution is -0.161. The largest absolute Gasteiger partial charge is 0.472 e. The molecule has 0 heterocycles. The van der Waals surface area contributed by atoms with Crippen molar-refractivity contribution in [3.05, 3.63) is 0 Å². The van der Waals surface area contributed by atoms with E-state index in [0.717, 1.165) is 108 Å². The van der Waals surface area contributed by atoms with Crippen molar-refractivity contribution in [2.75, 3.05) is 39.6 Å². The maximum Gasteiger partial charge on any atom is 0.472 e. The first-order chi connectivity index (χ1) is 45.9. The van der Waals surface area contributed by atoms with Gasteiger partial charge < -0.3 is 33.8 Å². The van der Waals surface area contributed by atoms with Gasteiger partial charge in [-0.15, -0.1) is 0 Å². The van der Waals surface area contributed by atoms with Gasteiger partial charge in [0, 0.05) is 25.7 Å². The number of aliphatic hydroxyl groups excluding tert-OH is 1. The molecule has 0 fully saturated rings. The number of phosphoric acid groups is 2. The normalized spacial score (nSPS) is 14.0. The van der Waals surface area contributed by atoms with Crippen molar-refractivity contribution < 1.29 is 80.2 Å². The summed E-state index contributed by atoms with van der Waals surface area (Å²) < 4.78 is 68.2. The molecule has 0 aliphatic rings. The second-order valence-electron chi connectivity index (χ2n) is 28.3. The molecule has 0 aromatic carbocycles. The minimum atomic E-state index is -4.96. The van der Waals surface area contributed by atoms with Crippen molar-refractivity contribution in [2.45, 2.75) is 413 Å². The molecular formula is C76H148O17P2. The SMILES string of the molecule is CCCCCCCCCCCCCCCCCCCCCCCC(=O)O[C@H](COC(=O)CCCCCCCCCCCCCCCCCC(C)C)COP(=O)(O)OC[C@@H](O)COP(=O)(O)OC[C@@H](COC(=O)CCCCCCC)OC(=O)CCCCCCCCCCC(C)C. The van der Waals surface area contributed by atoms with Gasteiger partial charge in [0.2, 0.25) is 0 Å². The highest BCUT2D eigenvalue weighted by molar-refractivity contribution is 7.47. The van der Waals surface area contributed by atoms with Crippen molar-refractivity contribution in [2.24, 2.45) is 11.8 Å². The zero-order valence-electron chi connectivity index (χ0n) is 62.0. The Morgan fingerprint density at radius 3 is 0.716 bits per heavy atom.